The van der Waals surface area contributed by atoms with Gasteiger partial charge >= 0.3 is 6.03 Å². The summed E-state index contributed by atoms with van der Waals surface area (Å²) in [6, 6.07) is 11.4. The zero-order chi connectivity index (χ0) is 19.6. The van der Waals surface area contributed by atoms with Crippen LogP contribution in [0.2, 0.25) is 0 Å². The van der Waals surface area contributed by atoms with Crippen LogP contribution in [-0.2, 0) is 4.74 Å². The first-order valence-corrected chi connectivity index (χ1v) is 10.6. The van der Waals surface area contributed by atoms with Gasteiger partial charge in [-0.05, 0) is 31.2 Å². The number of benzene rings is 1. The van der Waals surface area contributed by atoms with Crippen molar-refractivity contribution in [3.63, 3.8) is 0 Å². The molecule has 0 radical (unpaired) electrons. The molecule has 1 aromatic carbocycles. The number of methoxy groups -OCH3 is 1. The van der Waals surface area contributed by atoms with Crippen molar-refractivity contribution in [1.29, 1.82) is 0 Å². The summed E-state index contributed by atoms with van der Waals surface area (Å²) in [7, 11) is 1.77. The molecule has 0 spiro atoms. The van der Waals surface area contributed by atoms with E-state index in [1.54, 1.807) is 12.0 Å². The van der Waals surface area contributed by atoms with Gasteiger partial charge in [0.05, 0.1) is 12.7 Å². The molecule has 6 nitrogen and oxygen atoms in total. The summed E-state index contributed by atoms with van der Waals surface area (Å²) in [4.78, 5) is 16.4. The number of hydrogen-bond donors (Lipinski definition) is 2. The summed E-state index contributed by atoms with van der Waals surface area (Å²) < 4.78 is 5.57. The Morgan fingerprint density at radius 2 is 1.96 bits per heavy atom. The lowest BCUT2D eigenvalue weighted by Gasteiger charge is -2.42. The molecule has 1 saturated carbocycles. The molecule has 2 aliphatic heterocycles. The van der Waals surface area contributed by atoms with E-state index in [2.05, 4.69) is 35.6 Å². The molecule has 3 aliphatic rings. The van der Waals surface area contributed by atoms with E-state index < -0.39 is 0 Å². The minimum absolute atomic E-state index is 0.0851. The Labute approximate surface area is 167 Å². The van der Waals surface area contributed by atoms with Crippen LogP contribution in [0.5, 0.6) is 0 Å². The van der Waals surface area contributed by atoms with Gasteiger partial charge < -0.3 is 25.0 Å². The van der Waals surface area contributed by atoms with E-state index in [1.165, 1.54) is 12.0 Å². The molecule has 28 heavy (non-hydrogen) atoms. The van der Waals surface area contributed by atoms with E-state index in [-0.39, 0.29) is 17.6 Å². The number of amides is 2. The summed E-state index contributed by atoms with van der Waals surface area (Å²) >= 11 is 0. The predicted octanol–water partition coefficient (Wildman–Crippen LogP) is 2.05. The topological polar surface area (TPSA) is 65.0 Å². The van der Waals surface area contributed by atoms with Crippen LogP contribution < -0.4 is 5.32 Å². The number of hydrogen-bond acceptors (Lipinski definition) is 4. The minimum atomic E-state index is -0.360. The number of carbonyl (C=O) groups is 1. The van der Waals surface area contributed by atoms with Gasteiger partial charge in [0.25, 0.3) is 0 Å². The van der Waals surface area contributed by atoms with Crippen LogP contribution in [0.15, 0.2) is 30.3 Å². The number of β-amino-alcohol motifs (C(OH)–C–C–N with tert-alkyl or cyclic N) is 1. The highest BCUT2D eigenvalue weighted by molar-refractivity contribution is 5.75. The Bertz CT molecular complexity index is 660. The third-order valence-electron chi connectivity index (χ3n) is 6.74. The van der Waals surface area contributed by atoms with Gasteiger partial charge in [0, 0.05) is 57.2 Å². The average molecular weight is 388 g/mol. The van der Waals surface area contributed by atoms with Gasteiger partial charge in [-0.2, -0.15) is 0 Å². The Morgan fingerprint density at radius 3 is 2.61 bits per heavy atom. The highest BCUT2D eigenvalue weighted by Crippen LogP contribution is 2.42. The van der Waals surface area contributed by atoms with Crippen molar-refractivity contribution in [3.05, 3.63) is 35.9 Å². The zero-order valence-corrected chi connectivity index (χ0v) is 16.8. The molecule has 2 amide bonds. The number of nitrogens with zero attached hydrogens (tertiary/aromatic N) is 2. The third kappa shape index (κ3) is 4.34. The highest BCUT2D eigenvalue weighted by atomic mass is 16.5. The first-order valence-electron chi connectivity index (χ1n) is 10.6. The van der Waals surface area contributed by atoms with Gasteiger partial charge in [0.1, 0.15) is 0 Å². The molecular weight excluding hydrogens is 354 g/mol. The SMILES string of the molecule is COCC1(CNC2C[C@H]2c2ccccc2)CCN(C(=O)N2CC[C@@H](O)C2)CC1. The van der Waals surface area contributed by atoms with Crippen LogP contribution in [0, 0.1) is 5.41 Å². The quantitative estimate of drug-likeness (QED) is 0.784. The molecule has 6 heteroatoms. The van der Waals surface area contributed by atoms with Gasteiger partial charge in [-0.1, -0.05) is 30.3 Å². The number of rotatable bonds is 6. The van der Waals surface area contributed by atoms with E-state index in [0.29, 0.717) is 31.5 Å². The summed E-state index contributed by atoms with van der Waals surface area (Å²) in [6.45, 7) is 4.35. The molecule has 0 bridgehead atoms. The second kappa shape index (κ2) is 8.39. The van der Waals surface area contributed by atoms with Gasteiger partial charge in [0.2, 0.25) is 0 Å². The molecule has 2 heterocycles. The number of carbonyl (C=O) groups excluding carboxylic acids is 1. The van der Waals surface area contributed by atoms with E-state index >= 15 is 0 Å². The summed E-state index contributed by atoms with van der Waals surface area (Å²) in [5, 5.41) is 13.5. The minimum Gasteiger partial charge on any atom is -0.391 e. The second-order valence-corrected chi connectivity index (χ2v) is 8.83. The molecule has 3 atom stereocenters. The lowest BCUT2D eigenvalue weighted by molar-refractivity contribution is 0.0261. The van der Waals surface area contributed by atoms with Gasteiger partial charge in [-0.15, -0.1) is 0 Å². The van der Waals surface area contributed by atoms with Crippen molar-refractivity contribution in [3.8, 4) is 0 Å². The smallest absolute Gasteiger partial charge is 0.320 e. The first kappa shape index (κ1) is 19.7. The maximum Gasteiger partial charge on any atom is 0.320 e. The number of likely N-dealkylation sites (tertiary alicyclic amines) is 2. The Morgan fingerprint density at radius 1 is 1.21 bits per heavy atom. The third-order valence-corrected chi connectivity index (χ3v) is 6.74. The molecule has 2 N–H and O–H groups in total. The first-order chi connectivity index (χ1) is 13.6. The molecule has 154 valence electrons. The molecule has 1 aromatic rings. The van der Waals surface area contributed by atoms with Crippen LogP contribution in [0.3, 0.4) is 0 Å². The molecule has 1 unspecified atom stereocenters. The van der Waals surface area contributed by atoms with Crippen LogP contribution >= 0.6 is 0 Å². The Balaban J connectivity index is 1.28. The van der Waals surface area contributed by atoms with Crippen LogP contribution in [0.1, 0.15) is 37.2 Å². The predicted molar refractivity (Wildman–Crippen MR) is 108 cm³/mol. The maximum absolute atomic E-state index is 12.7. The van der Waals surface area contributed by atoms with Gasteiger partial charge in [-0.3, -0.25) is 0 Å². The lowest BCUT2D eigenvalue weighted by atomic mass is 9.79. The summed E-state index contributed by atoms with van der Waals surface area (Å²) in [5.74, 6) is 0.629. The molecule has 3 fully saturated rings. The molecular formula is C22H33N3O3. The van der Waals surface area contributed by atoms with E-state index in [9.17, 15) is 9.90 Å². The Hall–Kier alpha value is -1.63. The number of piperidine rings is 1. The van der Waals surface area contributed by atoms with Crippen molar-refractivity contribution in [2.75, 3.05) is 46.4 Å². The van der Waals surface area contributed by atoms with Crippen molar-refractivity contribution in [2.45, 2.75) is 43.7 Å². The van der Waals surface area contributed by atoms with Crippen molar-refractivity contribution < 1.29 is 14.6 Å². The number of aliphatic hydroxyl groups is 1. The van der Waals surface area contributed by atoms with E-state index in [1.807, 2.05) is 4.90 Å². The van der Waals surface area contributed by atoms with E-state index in [0.717, 1.165) is 39.1 Å². The number of nitrogens with one attached hydrogen (secondary N) is 1. The fourth-order valence-electron chi connectivity index (χ4n) is 4.80. The fourth-order valence-corrected chi connectivity index (χ4v) is 4.80. The van der Waals surface area contributed by atoms with Crippen molar-refractivity contribution >= 4 is 6.03 Å². The normalized spacial score (nSPS) is 29.1. The molecule has 1 aliphatic carbocycles. The standard InChI is InChI=1S/C22H33N3O3/c1-28-16-22(15-23-20-13-19(20)17-5-3-2-4-6-17)8-11-24(12-9-22)21(27)25-10-7-18(26)14-25/h2-6,18-20,23,26H,7-16H2,1H3/t18-,19+,20?/m1/s1. The number of urea groups is 1. The second-order valence-electron chi connectivity index (χ2n) is 8.83. The summed E-state index contributed by atoms with van der Waals surface area (Å²) in [6.07, 6.45) is 3.45. The Kier molecular flexibility index (Phi) is 5.90. The van der Waals surface area contributed by atoms with Crippen LogP contribution in [-0.4, -0.2) is 79.5 Å². The van der Waals surface area contributed by atoms with Crippen molar-refractivity contribution in [2.24, 2.45) is 5.41 Å². The largest absolute Gasteiger partial charge is 0.391 e. The molecule has 0 aromatic heterocycles. The number of aliphatic hydroxyl groups excluding tert-OH is 1. The maximum atomic E-state index is 12.7. The van der Waals surface area contributed by atoms with E-state index in [4.69, 9.17) is 4.74 Å². The van der Waals surface area contributed by atoms with Gasteiger partial charge in [0.15, 0.2) is 0 Å². The monoisotopic (exact) mass is 387 g/mol. The molecule has 2 saturated heterocycles. The fraction of sp³-hybridized carbons (Fsp3) is 0.682. The van der Waals surface area contributed by atoms with Crippen LogP contribution in [0.25, 0.3) is 0 Å². The highest BCUT2D eigenvalue weighted by Gasteiger charge is 2.42. The van der Waals surface area contributed by atoms with Crippen LogP contribution in [0.4, 0.5) is 4.79 Å². The molecule has 4 rings (SSSR count). The lowest BCUT2D eigenvalue weighted by Crippen LogP contribution is -2.52. The summed E-state index contributed by atoms with van der Waals surface area (Å²) in [5.41, 5.74) is 1.52. The number of ether oxygens (including phenoxy) is 1. The zero-order valence-electron chi connectivity index (χ0n) is 16.8. The average Bonchev–Trinajstić information content (AvgIpc) is 3.38. The van der Waals surface area contributed by atoms with Crippen molar-refractivity contribution in [1.82, 2.24) is 15.1 Å². The van der Waals surface area contributed by atoms with Gasteiger partial charge in [-0.25, -0.2) is 4.79 Å².